The van der Waals surface area contributed by atoms with E-state index in [0.717, 1.165) is 18.2 Å². The van der Waals surface area contributed by atoms with Crippen molar-refractivity contribution in [2.45, 2.75) is 13.0 Å². The van der Waals surface area contributed by atoms with Crippen LogP contribution in [-0.2, 0) is 9.53 Å². The zero-order chi connectivity index (χ0) is 19.6. The van der Waals surface area contributed by atoms with E-state index in [4.69, 9.17) is 4.74 Å². The number of ether oxygens (including phenoxy) is 1. The van der Waals surface area contributed by atoms with Crippen LogP contribution in [-0.4, -0.2) is 37.1 Å². The van der Waals surface area contributed by atoms with Gasteiger partial charge in [0.1, 0.15) is 11.9 Å². The number of carbonyl (C=O) groups is 3. The summed E-state index contributed by atoms with van der Waals surface area (Å²) in [5, 5.41) is 4.79. The van der Waals surface area contributed by atoms with E-state index in [0.29, 0.717) is 0 Å². The van der Waals surface area contributed by atoms with Crippen LogP contribution in [0.5, 0.6) is 0 Å². The molecule has 3 rings (SSSR count). The van der Waals surface area contributed by atoms with E-state index in [2.05, 4.69) is 15.1 Å². The summed E-state index contributed by atoms with van der Waals surface area (Å²) < 4.78 is 36.7. The average Bonchev–Trinajstić information content (AvgIpc) is 3.20. The molecule has 3 amide bonds. The number of carbonyl (C=O) groups excluding carboxylic acids is 3. The van der Waals surface area contributed by atoms with Gasteiger partial charge in [-0.25, -0.2) is 9.18 Å². The molecule has 142 valence electrons. The summed E-state index contributed by atoms with van der Waals surface area (Å²) in [6, 6.07) is 4.88. The van der Waals surface area contributed by atoms with Crippen molar-refractivity contribution >= 4 is 29.3 Å². The molecule has 1 aromatic heterocycles. The molecule has 1 aliphatic heterocycles. The number of anilines is 2. The Morgan fingerprint density at radius 1 is 1.26 bits per heavy atom. The van der Waals surface area contributed by atoms with Gasteiger partial charge >= 0.3 is 6.09 Å². The van der Waals surface area contributed by atoms with Crippen molar-refractivity contribution in [3.63, 3.8) is 0 Å². The third-order valence-corrected chi connectivity index (χ3v) is 3.76. The SMILES string of the molecule is CC(=O)NC[C@H]1CN(c2ccc(NC(=O)c3ccc(F)o3)c(F)c2)C(=O)O1. The number of hydrogen-bond acceptors (Lipinski definition) is 5. The Labute approximate surface area is 152 Å². The fourth-order valence-electron chi connectivity index (χ4n) is 2.49. The van der Waals surface area contributed by atoms with Gasteiger partial charge < -0.3 is 19.8 Å². The quantitative estimate of drug-likeness (QED) is 0.830. The van der Waals surface area contributed by atoms with Crippen molar-refractivity contribution in [2.24, 2.45) is 0 Å². The molecule has 1 aliphatic rings. The van der Waals surface area contributed by atoms with Gasteiger partial charge in [0.2, 0.25) is 5.91 Å². The van der Waals surface area contributed by atoms with Crippen LogP contribution in [0.25, 0.3) is 0 Å². The molecule has 10 heteroatoms. The highest BCUT2D eigenvalue weighted by Gasteiger charge is 2.32. The maximum atomic E-state index is 14.3. The fourth-order valence-corrected chi connectivity index (χ4v) is 2.49. The first-order valence-electron chi connectivity index (χ1n) is 7.92. The Bertz CT molecular complexity index is 898. The Kier molecular flexibility index (Phi) is 5.06. The molecule has 0 bridgehead atoms. The second-order valence-corrected chi connectivity index (χ2v) is 5.78. The minimum Gasteiger partial charge on any atom is -0.442 e. The molecule has 1 aromatic carbocycles. The minimum atomic E-state index is -0.933. The van der Waals surface area contributed by atoms with Crippen molar-refractivity contribution in [1.82, 2.24) is 5.32 Å². The molecule has 1 saturated heterocycles. The molecule has 27 heavy (non-hydrogen) atoms. The maximum Gasteiger partial charge on any atom is 0.414 e. The molecular weight excluding hydrogens is 364 g/mol. The molecule has 0 spiro atoms. The Morgan fingerprint density at radius 3 is 2.67 bits per heavy atom. The van der Waals surface area contributed by atoms with E-state index in [1.807, 2.05) is 0 Å². The van der Waals surface area contributed by atoms with Gasteiger partial charge in [0.05, 0.1) is 24.5 Å². The van der Waals surface area contributed by atoms with Crippen LogP contribution in [0.15, 0.2) is 34.7 Å². The predicted octanol–water partition coefficient (Wildman–Crippen LogP) is 2.27. The predicted molar refractivity (Wildman–Crippen MR) is 89.3 cm³/mol. The summed E-state index contributed by atoms with van der Waals surface area (Å²) in [7, 11) is 0. The Morgan fingerprint density at radius 2 is 2.04 bits per heavy atom. The van der Waals surface area contributed by atoms with Crippen molar-refractivity contribution in [2.75, 3.05) is 23.3 Å². The third kappa shape index (κ3) is 4.22. The van der Waals surface area contributed by atoms with Gasteiger partial charge in [-0.3, -0.25) is 14.5 Å². The van der Waals surface area contributed by atoms with Gasteiger partial charge in [0.25, 0.3) is 11.9 Å². The number of hydrogen-bond donors (Lipinski definition) is 2. The maximum absolute atomic E-state index is 14.3. The van der Waals surface area contributed by atoms with Crippen LogP contribution >= 0.6 is 0 Å². The highest BCUT2D eigenvalue weighted by atomic mass is 19.1. The molecule has 8 nitrogen and oxygen atoms in total. The van der Waals surface area contributed by atoms with Crippen molar-refractivity contribution in [3.8, 4) is 0 Å². The third-order valence-electron chi connectivity index (χ3n) is 3.76. The van der Waals surface area contributed by atoms with Crippen LogP contribution in [0.4, 0.5) is 25.0 Å². The van der Waals surface area contributed by atoms with Gasteiger partial charge in [-0.1, -0.05) is 0 Å². The monoisotopic (exact) mass is 379 g/mol. The zero-order valence-corrected chi connectivity index (χ0v) is 14.1. The van der Waals surface area contributed by atoms with Crippen molar-refractivity contribution in [1.29, 1.82) is 0 Å². The molecule has 2 heterocycles. The summed E-state index contributed by atoms with van der Waals surface area (Å²) in [5.41, 5.74) is 0.0628. The normalized spacial score (nSPS) is 16.2. The van der Waals surface area contributed by atoms with E-state index < -0.39 is 29.9 Å². The lowest BCUT2D eigenvalue weighted by molar-refractivity contribution is -0.119. The minimum absolute atomic E-state index is 0.135. The van der Waals surface area contributed by atoms with Crippen LogP contribution in [0.1, 0.15) is 17.5 Å². The van der Waals surface area contributed by atoms with E-state index in [1.54, 1.807) is 0 Å². The second-order valence-electron chi connectivity index (χ2n) is 5.78. The number of benzene rings is 1. The lowest BCUT2D eigenvalue weighted by Gasteiger charge is -2.14. The van der Waals surface area contributed by atoms with Crippen molar-refractivity contribution in [3.05, 3.63) is 47.9 Å². The molecular formula is C17H15F2N3O5. The molecule has 1 atom stereocenters. The lowest BCUT2D eigenvalue weighted by Crippen LogP contribution is -2.33. The van der Waals surface area contributed by atoms with Gasteiger partial charge in [-0.15, -0.1) is 0 Å². The number of rotatable bonds is 5. The molecule has 0 radical (unpaired) electrons. The number of nitrogens with one attached hydrogen (secondary N) is 2. The fraction of sp³-hybridized carbons (Fsp3) is 0.235. The standard InChI is InChI=1S/C17H15F2N3O5/c1-9(23)20-7-11-8-22(17(25)26-11)10-2-3-13(12(18)6-10)21-16(24)14-4-5-15(19)27-14/h2-6,11H,7-8H2,1H3,(H,20,23)(H,21,24)/t11-/m0/s1. The van der Waals surface area contributed by atoms with Gasteiger partial charge in [-0.2, -0.15) is 4.39 Å². The molecule has 2 aromatic rings. The van der Waals surface area contributed by atoms with Crippen LogP contribution in [0.2, 0.25) is 0 Å². The van der Waals surface area contributed by atoms with Crippen LogP contribution < -0.4 is 15.5 Å². The lowest BCUT2D eigenvalue weighted by atomic mass is 10.2. The average molecular weight is 379 g/mol. The zero-order valence-electron chi connectivity index (χ0n) is 14.1. The number of amides is 3. The number of nitrogens with zero attached hydrogens (tertiary/aromatic N) is 1. The molecule has 2 N–H and O–H groups in total. The molecule has 0 saturated carbocycles. The number of furan rings is 1. The van der Waals surface area contributed by atoms with Gasteiger partial charge in [0.15, 0.2) is 5.76 Å². The van der Waals surface area contributed by atoms with Gasteiger partial charge in [0, 0.05) is 13.0 Å². The topological polar surface area (TPSA) is 101 Å². The van der Waals surface area contributed by atoms with E-state index in [9.17, 15) is 23.2 Å². The van der Waals surface area contributed by atoms with Crippen LogP contribution in [0, 0.1) is 11.8 Å². The van der Waals surface area contributed by atoms with E-state index in [1.165, 1.54) is 24.0 Å². The van der Waals surface area contributed by atoms with Crippen LogP contribution in [0.3, 0.4) is 0 Å². The number of halogens is 2. The van der Waals surface area contributed by atoms with E-state index in [-0.39, 0.29) is 36.1 Å². The van der Waals surface area contributed by atoms with Crippen molar-refractivity contribution < 1.29 is 32.3 Å². The summed E-state index contributed by atoms with van der Waals surface area (Å²) in [5.74, 6) is -2.18. The summed E-state index contributed by atoms with van der Waals surface area (Å²) in [6.45, 7) is 1.62. The first-order valence-corrected chi connectivity index (χ1v) is 7.92. The highest BCUT2D eigenvalue weighted by Crippen LogP contribution is 2.26. The summed E-state index contributed by atoms with van der Waals surface area (Å²) in [6.07, 6.45) is -1.23. The van der Waals surface area contributed by atoms with Gasteiger partial charge in [-0.05, 0) is 24.3 Å². The molecule has 0 unspecified atom stereocenters. The number of cyclic esters (lactones) is 1. The van der Waals surface area contributed by atoms with E-state index >= 15 is 0 Å². The first kappa shape index (κ1) is 18.4. The Balaban J connectivity index is 1.68. The largest absolute Gasteiger partial charge is 0.442 e. The second kappa shape index (κ2) is 7.44. The first-order chi connectivity index (χ1) is 12.8. The highest BCUT2D eigenvalue weighted by molar-refractivity contribution is 6.02. The summed E-state index contributed by atoms with van der Waals surface area (Å²) in [4.78, 5) is 36.0. The summed E-state index contributed by atoms with van der Waals surface area (Å²) >= 11 is 0. The molecule has 0 aliphatic carbocycles. The molecule has 1 fully saturated rings. The smallest absolute Gasteiger partial charge is 0.414 e. The Hall–Kier alpha value is -3.43.